The fraction of sp³-hybridized carbons (Fsp3) is 0.300. The molecule has 0 saturated carbocycles. The van der Waals surface area contributed by atoms with Crippen LogP contribution >= 0.6 is 23.2 Å². The van der Waals surface area contributed by atoms with Gasteiger partial charge >= 0.3 is 0 Å². The quantitative estimate of drug-likeness (QED) is 0.833. The molecule has 0 spiro atoms. The van der Waals surface area contributed by atoms with Gasteiger partial charge in [0, 0.05) is 24.2 Å². The summed E-state index contributed by atoms with van der Waals surface area (Å²) in [6.07, 6.45) is 1.34. The standard InChI is InChI=1S/C20H20Cl2N2O3/c1-27-18-7-6-13(21)12-16(18)19(25)23-14-8-10-24(11-9-14)20(26)15-4-2-3-5-17(15)22/h2-7,12,14H,8-11H2,1H3,(H,23,25). The fourth-order valence-electron chi connectivity index (χ4n) is 3.15. The molecular formula is C20H20Cl2N2O3. The van der Waals surface area contributed by atoms with Crippen molar-refractivity contribution in [1.82, 2.24) is 10.2 Å². The van der Waals surface area contributed by atoms with Crippen molar-refractivity contribution in [3.05, 3.63) is 63.6 Å². The lowest BCUT2D eigenvalue weighted by Gasteiger charge is -2.32. The number of carbonyl (C=O) groups excluding carboxylic acids is 2. The molecular weight excluding hydrogens is 387 g/mol. The minimum atomic E-state index is -0.231. The van der Waals surface area contributed by atoms with E-state index in [1.807, 2.05) is 0 Å². The van der Waals surface area contributed by atoms with Gasteiger partial charge in [0.15, 0.2) is 0 Å². The molecule has 1 N–H and O–H groups in total. The van der Waals surface area contributed by atoms with Crippen LogP contribution < -0.4 is 10.1 Å². The van der Waals surface area contributed by atoms with Crippen molar-refractivity contribution in [3.8, 4) is 5.75 Å². The number of ether oxygens (including phenoxy) is 1. The summed E-state index contributed by atoms with van der Waals surface area (Å²) >= 11 is 12.1. The van der Waals surface area contributed by atoms with Gasteiger partial charge in [-0.15, -0.1) is 0 Å². The summed E-state index contributed by atoms with van der Waals surface area (Å²) in [5.74, 6) is 0.162. The van der Waals surface area contributed by atoms with Crippen molar-refractivity contribution in [2.75, 3.05) is 20.2 Å². The molecule has 0 radical (unpaired) electrons. The van der Waals surface area contributed by atoms with Gasteiger partial charge in [-0.2, -0.15) is 0 Å². The van der Waals surface area contributed by atoms with Crippen LogP contribution in [-0.4, -0.2) is 43.0 Å². The van der Waals surface area contributed by atoms with Crippen LogP contribution in [-0.2, 0) is 0 Å². The number of benzene rings is 2. The second-order valence-corrected chi connectivity index (χ2v) is 7.21. The number of hydrogen-bond acceptors (Lipinski definition) is 3. The molecule has 1 fully saturated rings. The summed E-state index contributed by atoms with van der Waals surface area (Å²) < 4.78 is 5.23. The van der Waals surface area contributed by atoms with Gasteiger partial charge in [-0.05, 0) is 43.2 Å². The molecule has 1 heterocycles. The Kier molecular flexibility index (Phi) is 6.24. The summed E-state index contributed by atoms with van der Waals surface area (Å²) in [6.45, 7) is 1.11. The molecule has 3 rings (SSSR count). The largest absolute Gasteiger partial charge is 0.496 e. The summed E-state index contributed by atoms with van der Waals surface area (Å²) in [5.41, 5.74) is 0.907. The van der Waals surface area contributed by atoms with E-state index in [1.165, 1.54) is 7.11 Å². The van der Waals surface area contributed by atoms with Crippen molar-refractivity contribution in [2.24, 2.45) is 0 Å². The lowest BCUT2D eigenvalue weighted by Crippen LogP contribution is -2.46. The van der Waals surface area contributed by atoms with Crippen molar-refractivity contribution in [2.45, 2.75) is 18.9 Å². The highest BCUT2D eigenvalue weighted by Gasteiger charge is 2.26. The molecule has 7 heteroatoms. The first kappa shape index (κ1) is 19.5. The predicted octanol–water partition coefficient (Wildman–Crippen LogP) is 4.04. The molecule has 0 bridgehead atoms. The number of methoxy groups -OCH3 is 1. The zero-order chi connectivity index (χ0) is 19.4. The Morgan fingerprint density at radius 1 is 1.07 bits per heavy atom. The van der Waals surface area contributed by atoms with Gasteiger partial charge in [-0.1, -0.05) is 35.3 Å². The highest BCUT2D eigenvalue weighted by Crippen LogP contribution is 2.24. The van der Waals surface area contributed by atoms with Gasteiger partial charge in [-0.25, -0.2) is 0 Å². The normalized spacial score (nSPS) is 14.7. The number of nitrogens with one attached hydrogen (secondary N) is 1. The minimum Gasteiger partial charge on any atom is -0.496 e. The van der Waals surface area contributed by atoms with E-state index in [-0.39, 0.29) is 17.9 Å². The lowest BCUT2D eigenvalue weighted by molar-refractivity contribution is 0.0698. The molecule has 1 aliphatic heterocycles. The third-order valence-corrected chi connectivity index (χ3v) is 5.19. The van der Waals surface area contributed by atoms with Crippen LogP contribution in [0, 0.1) is 0 Å². The van der Waals surface area contributed by atoms with Gasteiger partial charge in [0.25, 0.3) is 11.8 Å². The molecule has 1 saturated heterocycles. The van der Waals surface area contributed by atoms with Crippen LogP contribution in [0.5, 0.6) is 5.75 Å². The molecule has 0 unspecified atom stereocenters. The Balaban J connectivity index is 1.60. The monoisotopic (exact) mass is 406 g/mol. The Morgan fingerprint density at radius 3 is 2.44 bits per heavy atom. The smallest absolute Gasteiger partial charge is 0.255 e. The Morgan fingerprint density at radius 2 is 1.78 bits per heavy atom. The van der Waals surface area contributed by atoms with E-state index >= 15 is 0 Å². The molecule has 27 heavy (non-hydrogen) atoms. The van der Waals surface area contributed by atoms with Crippen molar-refractivity contribution in [1.29, 1.82) is 0 Å². The minimum absolute atomic E-state index is 0.0171. The summed E-state index contributed by atoms with van der Waals surface area (Å²) in [4.78, 5) is 27.0. The Bertz CT molecular complexity index is 849. The number of carbonyl (C=O) groups is 2. The van der Waals surface area contributed by atoms with E-state index in [1.54, 1.807) is 47.4 Å². The molecule has 2 aromatic rings. The second kappa shape index (κ2) is 8.63. The molecule has 2 amide bonds. The first-order valence-corrected chi connectivity index (χ1v) is 9.43. The third kappa shape index (κ3) is 4.54. The maximum Gasteiger partial charge on any atom is 0.255 e. The molecule has 5 nitrogen and oxygen atoms in total. The van der Waals surface area contributed by atoms with Crippen molar-refractivity contribution < 1.29 is 14.3 Å². The van der Waals surface area contributed by atoms with E-state index in [0.717, 1.165) is 0 Å². The predicted molar refractivity (Wildman–Crippen MR) is 106 cm³/mol. The van der Waals surface area contributed by atoms with Gasteiger partial charge in [0.05, 0.1) is 23.3 Å². The highest BCUT2D eigenvalue weighted by atomic mass is 35.5. The number of halogens is 2. The first-order chi connectivity index (χ1) is 13.0. The number of likely N-dealkylation sites (tertiary alicyclic amines) is 1. The second-order valence-electron chi connectivity index (χ2n) is 6.36. The van der Waals surface area contributed by atoms with Crippen LogP contribution in [0.1, 0.15) is 33.6 Å². The molecule has 0 aliphatic carbocycles. The number of nitrogens with zero attached hydrogens (tertiary/aromatic N) is 1. The van der Waals surface area contributed by atoms with E-state index in [0.29, 0.717) is 52.9 Å². The zero-order valence-electron chi connectivity index (χ0n) is 14.9. The number of amides is 2. The number of rotatable bonds is 4. The summed E-state index contributed by atoms with van der Waals surface area (Å²) in [6, 6.07) is 11.9. The van der Waals surface area contributed by atoms with Crippen LogP contribution in [0.2, 0.25) is 10.0 Å². The first-order valence-electron chi connectivity index (χ1n) is 8.68. The van der Waals surface area contributed by atoms with Crippen LogP contribution in [0.4, 0.5) is 0 Å². The highest BCUT2D eigenvalue weighted by molar-refractivity contribution is 6.33. The number of piperidine rings is 1. The van der Waals surface area contributed by atoms with E-state index in [4.69, 9.17) is 27.9 Å². The third-order valence-electron chi connectivity index (χ3n) is 4.63. The van der Waals surface area contributed by atoms with Crippen LogP contribution in [0.15, 0.2) is 42.5 Å². The summed E-state index contributed by atoms with van der Waals surface area (Å²) in [7, 11) is 1.51. The summed E-state index contributed by atoms with van der Waals surface area (Å²) in [5, 5.41) is 3.93. The van der Waals surface area contributed by atoms with E-state index in [2.05, 4.69) is 5.32 Å². The SMILES string of the molecule is COc1ccc(Cl)cc1C(=O)NC1CCN(C(=O)c2ccccc2Cl)CC1. The Hall–Kier alpha value is -2.24. The van der Waals surface area contributed by atoms with E-state index < -0.39 is 0 Å². The van der Waals surface area contributed by atoms with Gasteiger partial charge in [0.1, 0.15) is 5.75 Å². The lowest BCUT2D eigenvalue weighted by atomic mass is 10.0. The maximum atomic E-state index is 12.6. The average molecular weight is 407 g/mol. The van der Waals surface area contributed by atoms with E-state index in [9.17, 15) is 9.59 Å². The topological polar surface area (TPSA) is 58.6 Å². The van der Waals surface area contributed by atoms with Crippen molar-refractivity contribution in [3.63, 3.8) is 0 Å². The average Bonchev–Trinajstić information content (AvgIpc) is 2.68. The maximum absolute atomic E-state index is 12.6. The molecule has 142 valence electrons. The fourth-order valence-corrected chi connectivity index (χ4v) is 3.54. The van der Waals surface area contributed by atoms with Gasteiger partial charge < -0.3 is 15.0 Å². The van der Waals surface area contributed by atoms with Crippen molar-refractivity contribution >= 4 is 35.0 Å². The Labute approximate surface area is 168 Å². The molecule has 2 aromatic carbocycles. The molecule has 0 atom stereocenters. The van der Waals surface area contributed by atoms with Crippen LogP contribution in [0.25, 0.3) is 0 Å². The van der Waals surface area contributed by atoms with Gasteiger partial charge in [-0.3, -0.25) is 9.59 Å². The molecule has 1 aliphatic rings. The van der Waals surface area contributed by atoms with Crippen LogP contribution in [0.3, 0.4) is 0 Å². The molecule has 0 aromatic heterocycles. The zero-order valence-corrected chi connectivity index (χ0v) is 16.4. The number of hydrogen-bond donors (Lipinski definition) is 1. The van der Waals surface area contributed by atoms with Gasteiger partial charge in [0.2, 0.25) is 0 Å².